The van der Waals surface area contributed by atoms with Gasteiger partial charge in [0, 0.05) is 5.69 Å². The molecule has 0 radical (unpaired) electrons. The Kier molecular flexibility index (Phi) is 3.85. The van der Waals surface area contributed by atoms with E-state index in [1.54, 1.807) is 0 Å². The summed E-state index contributed by atoms with van der Waals surface area (Å²) in [4.78, 5) is 11.7. The second-order valence-electron chi connectivity index (χ2n) is 3.75. The van der Waals surface area contributed by atoms with E-state index in [0.29, 0.717) is 16.8 Å². The molecule has 0 bridgehead atoms. The average Bonchev–Trinajstić information content (AvgIpc) is 2.77. The van der Waals surface area contributed by atoms with Crippen LogP contribution in [-0.4, -0.2) is 5.91 Å². The lowest BCUT2D eigenvalue weighted by Gasteiger charge is -2.10. The standard InChI is InChI=1S/C12H6BrF4NO2/c13-10-4-3-9(20-10)11(19)18-6-1-2-8(14)7(5-6)12(15,16)17/h1-5H,(H,18,19). The molecule has 1 heterocycles. The third-order valence-electron chi connectivity index (χ3n) is 2.33. The fourth-order valence-corrected chi connectivity index (χ4v) is 1.76. The van der Waals surface area contributed by atoms with Crippen molar-refractivity contribution in [2.75, 3.05) is 5.32 Å². The normalized spacial score (nSPS) is 11.4. The third kappa shape index (κ3) is 3.19. The van der Waals surface area contributed by atoms with Crippen LogP contribution in [0.3, 0.4) is 0 Å². The van der Waals surface area contributed by atoms with Crippen molar-refractivity contribution in [1.29, 1.82) is 0 Å². The van der Waals surface area contributed by atoms with Crippen molar-refractivity contribution in [3.05, 3.63) is 52.1 Å². The van der Waals surface area contributed by atoms with Crippen LogP contribution in [0.25, 0.3) is 0 Å². The van der Waals surface area contributed by atoms with E-state index in [1.807, 2.05) is 0 Å². The van der Waals surface area contributed by atoms with Crippen LogP contribution < -0.4 is 5.32 Å². The SMILES string of the molecule is O=C(Nc1ccc(F)c(C(F)(F)F)c1)c1ccc(Br)o1. The molecule has 0 saturated carbocycles. The molecular formula is C12H6BrF4NO2. The van der Waals surface area contributed by atoms with Gasteiger partial charge in [-0.2, -0.15) is 13.2 Å². The first kappa shape index (κ1) is 14.6. The van der Waals surface area contributed by atoms with Gasteiger partial charge in [0.15, 0.2) is 10.4 Å². The van der Waals surface area contributed by atoms with Crippen LogP contribution in [0.5, 0.6) is 0 Å². The summed E-state index contributed by atoms with van der Waals surface area (Å²) in [6, 6.07) is 4.98. The van der Waals surface area contributed by atoms with E-state index in [1.165, 1.54) is 12.1 Å². The maximum atomic E-state index is 13.1. The van der Waals surface area contributed by atoms with E-state index in [2.05, 4.69) is 21.2 Å². The molecule has 1 N–H and O–H groups in total. The van der Waals surface area contributed by atoms with Gasteiger partial charge in [0.1, 0.15) is 5.82 Å². The number of benzene rings is 1. The molecule has 1 amide bonds. The van der Waals surface area contributed by atoms with Gasteiger partial charge in [-0.1, -0.05) is 0 Å². The van der Waals surface area contributed by atoms with Crippen LogP contribution in [0.1, 0.15) is 16.1 Å². The highest BCUT2D eigenvalue weighted by atomic mass is 79.9. The highest BCUT2D eigenvalue weighted by molar-refractivity contribution is 9.10. The second-order valence-corrected chi connectivity index (χ2v) is 4.53. The summed E-state index contributed by atoms with van der Waals surface area (Å²) >= 11 is 2.99. The lowest BCUT2D eigenvalue weighted by atomic mass is 10.2. The summed E-state index contributed by atoms with van der Waals surface area (Å²) in [5, 5.41) is 2.19. The predicted octanol–water partition coefficient (Wildman–Crippen LogP) is 4.45. The summed E-state index contributed by atoms with van der Waals surface area (Å²) < 4.78 is 55.9. The number of hydrogen-bond acceptors (Lipinski definition) is 2. The topological polar surface area (TPSA) is 42.2 Å². The quantitative estimate of drug-likeness (QED) is 0.812. The largest absolute Gasteiger partial charge is 0.444 e. The van der Waals surface area contributed by atoms with Crippen LogP contribution in [0.4, 0.5) is 23.2 Å². The molecule has 106 valence electrons. The maximum Gasteiger partial charge on any atom is 0.419 e. The molecule has 8 heteroatoms. The minimum absolute atomic E-state index is 0.0882. The fourth-order valence-electron chi connectivity index (χ4n) is 1.45. The number of hydrogen-bond donors (Lipinski definition) is 1. The number of nitrogens with one attached hydrogen (secondary N) is 1. The zero-order valence-corrected chi connectivity index (χ0v) is 11.2. The molecule has 0 atom stereocenters. The Bertz CT molecular complexity index is 651. The maximum absolute atomic E-state index is 13.1. The molecule has 1 aromatic heterocycles. The fraction of sp³-hybridized carbons (Fsp3) is 0.0833. The molecule has 0 aliphatic carbocycles. The lowest BCUT2D eigenvalue weighted by molar-refractivity contribution is -0.139. The van der Waals surface area contributed by atoms with E-state index < -0.39 is 23.5 Å². The zero-order chi connectivity index (χ0) is 14.9. The Hall–Kier alpha value is -1.83. The van der Waals surface area contributed by atoms with Gasteiger partial charge in [0.05, 0.1) is 5.56 Å². The lowest BCUT2D eigenvalue weighted by Crippen LogP contribution is -2.13. The minimum Gasteiger partial charge on any atom is -0.444 e. The number of anilines is 1. The van der Waals surface area contributed by atoms with Gasteiger partial charge < -0.3 is 9.73 Å². The Morgan fingerprint density at radius 1 is 1.20 bits per heavy atom. The molecule has 0 spiro atoms. The Labute approximate surface area is 118 Å². The van der Waals surface area contributed by atoms with E-state index in [-0.39, 0.29) is 11.4 Å². The van der Waals surface area contributed by atoms with Crippen molar-refractivity contribution in [2.24, 2.45) is 0 Å². The number of carbonyl (C=O) groups is 1. The number of carbonyl (C=O) groups excluding carboxylic acids is 1. The van der Waals surface area contributed by atoms with Crippen LogP contribution in [-0.2, 0) is 6.18 Å². The second kappa shape index (κ2) is 5.28. The molecule has 2 rings (SSSR count). The predicted molar refractivity (Wildman–Crippen MR) is 65.8 cm³/mol. The van der Waals surface area contributed by atoms with Gasteiger partial charge in [0.25, 0.3) is 5.91 Å². The highest BCUT2D eigenvalue weighted by Crippen LogP contribution is 2.33. The summed E-state index contributed by atoms with van der Waals surface area (Å²) in [5.41, 5.74) is -1.63. The first-order valence-electron chi connectivity index (χ1n) is 5.21. The molecule has 0 aliphatic rings. The monoisotopic (exact) mass is 351 g/mol. The van der Waals surface area contributed by atoms with Crippen LogP contribution >= 0.6 is 15.9 Å². The summed E-state index contributed by atoms with van der Waals surface area (Å²) in [6.45, 7) is 0. The Morgan fingerprint density at radius 2 is 1.90 bits per heavy atom. The van der Waals surface area contributed by atoms with Gasteiger partial charge in [-0.25, -0.2) is 4.39 Å². The third-order valence-corrected chi connectivity index (χ3v) is 2.75. The van der Waals surface area contributed by atoms with Crippen LogP contribution in [0, 0.1) is 5.82 Å². The van der Waals surface area contributed by atoms with Gasteiger partial charge in [-0.05, 0) is 46.3 Å². The van der Waals surface area contributed by atoms with Gasteiger partial charge in [0.2, 0.25) is 0 Å². The average molecular weight is 352 g/mol. The van der Waals surface area contributed by atoms with Crippen molar-refractivity contribution in [2.45, 2.75) is 6.18 Å². The van der Waals surface area contributed by atoms with Gasteiger partial charge >= 0.3 is 6.18 Å². The Balaban J connectivity index is 2.24. The molecule has 20 heavy (non-hydrogen) atoms. The highest BCUT2D eigenvalue weighted by Gasteiger charge is 2.34. The summed E-state index contributed by atoms with van der Waals surface area (Å²) in [7, 11) is 0. The minimum atomic E-state index is -4.83. The van der Waals surface area contributed by atoms with Crippen LogP contribution in [0.2, 0.25) is 0 Å². The number of halogens is 5. The van der Waals surface area contributed by atoms with Crippen molar-refractivity contribution in [1.82, 2.24) is 0 Å². The van der Waals surface area contributed by atoms with E-state index >= 15 is 0 Å². The molecule has 0 aliphatic heterocycles. The van der Waals surface area contributed by atoms with Crippen molar-refractivity contribution in [3.63, 3.8) is 0 Å². The van der Waals surface area contributed by atoms with Crippen molar-refractivity contribution < 1.29 is 26.8 Å². The summed E-state index contributed by atoms with van der Waals surface area (Å²) in [6.07, 6.45) is -4.83. The van der Waals surface area contributed by atoms with E-state index in [0.717, 1.165) is 6.07 Å². The molecule has 2 aromatic rings. The number of furan rings is 1. The first-order valence-corrected chi connectivity index (χ1v) is 6.00. The van der Waals surface area contributed by atoms with Gasteiger partial charge in [-0.15, -0.1) is 0 Å². The summed E-state index contributed by atoms with van der Waals surface area (Å²) in [5.74, 6) is -2.23. The molecule has 1 aromatic carbocycles. The molecular weight excluding hydrogens is 346 g/mol. The van der Waals surface area contributed by atoms with E-state index in [9.17, 15) is 22.4 Å². The Morgan fingerprint density at radius 3 is 2.45 bits per heavy atom. The molecule has 3 nitrogen and oxygen atoms in total. The van der Waals surface area contributed by atoms with Crippen molar-refractivity contribution >= 4 is 27.5 Å². The van der Waals surface area contributed by atoms with Crippen molar-refractivity contribution in [3.8, 4) is 0 Å². The first-order chi connectivity index (χ1) is 9.27. The molecule has 0 fully saturated rings. The van der Waals surface area contributed by atoms with Crippen LogP contribution in [0.15, 0.2) is 39.4 Å². The van der Waals surface area contributed by atoms with E-state index in [4.69, 9.17) is 4.42 Å². The van der Waals surface area contributed by atoms with Gasteiger partial charge in [-0.3, -0.25) is 4.79 Å². The number of alkyl halides is 3. The number of rotatable bonds is 2. The number of amides is 1. The smallest absolute Gasteiger partial charge is 0.419 e. The zero-order valence-electron chi connectivity index (χ0n) is 9.59. The molecule has 0 saturated heterocycles. The molecule has 0 unspecified atom stereocenters.